The molecule has 0 aromatic rings. The van der Waals surface area contributed by atoms with Gasteiger partial charge in [0.1, 0.15) is 6.01 Å². The van der Waals surface area contributed by atoms with Crippen LogP contribution in [-0.2, 0) is 19.2 Å². The summed E-state index contributed by atoms with van der Waals surface area (Å²) in [5.41, 5.74) is 0. The number of nitrogens with zero attached hydrogens (tertiary/aromatic N) is 4. The Morgan fingerprint density at radius 2 is 1.00 bits per heavy atom. The topological polar surface area (TPSA) is 99.5 Å². The van der Waals surface area contributed by atoms with Crippen LogP contribution in [0.15, 0.2) is 10.2 Å². The first kappa shape index (κ1) is 11.2. The summed E-state index contributed by atoms with van der Waals surface area (Å²) >= 11 is 0. The average molecular weight is 236 g/mol. The lowest BCUT2D eigenvalue weighted by Gasteiger charge is -2.03. The molecule has 0 aromatic carbocycles. The molecule has 2 fully saturated rings. The highest BCUT2D eigenvalue weighted by Crippen LogP contribution is 2.12. The molecule has 0 radical (unpaired) electrons. The van der Waals surface area contributed by atoms with Gasteiger partial charge in [-0.3, -0.25) is 19.2 Å². The monoisotopic (exact) mass is 236 g/mol. The fourth-order valence-electron chi connectivity index (χ4n) is 1.46. The van der Waals surface area contributed by atoms with Gasteiger partial charge in [0.05, 0.1) is 0 Å². The van der Waals surface area contributed by atoms with E-state index in [1.165, 1.54) is 0 Å². The molecule has 88 valence electrons. The van der Waals surface area contributed by atoms with Crippen LogP contribution in [0, 0.1) is 0 Å². The minimum Gasteiger partial charge on any atom is -0.272 e. The number of rotatable bonds is 2. The van der Waals surface area contributed by atoms with Crippen LogP contribution in [0.3, 0.4) is 0 Å². The Morgan fingerprint density at radius 1 is 0.706 bits per heavy atom. The third-order valence-corrected chi connectivity index (χ3v) is 2.34. The highest BCUT2D eigenvalue weighted by Gasteiger charge is 2.30. The third kappa shape index (κ3) is 2.11. The van der Waals surface area contributed by atoms with E-state index >= 15 is 0 Å². The first-order chi connectivity index (χ1) is 8.09. The summed E-state index contributed by atoms with van der Waals surface area (Å²) in [6.45, 7) is 0. The lowest BCUT2D eigenvalue weighted by Crippen LogP contribution is -2.24. The molecule has 2 rings (SSSR count). The molecule has 0 aliphatic carbocycles. The fraction of sp³-hybridized carbons (Fsp3) is 0.444. The Kier molecular flexibility index (Phi) is 2.80. The highest BCUT2D eigenvalue weighted by atomic mass is 16.2. The molecule has 2 heterocycles. The number of carbonyl (C=O) groups is 4. The molecule has 2 aliphatic heterocycles. The second kappa shape index (κ2) is 4.26. The summed E-state index contributed by atoms with van der Waals surface area (Å²) in [7, 11) is 0. The van der Waals surface area contributed by atoms with Crippen molar-refractivity contribution in [2.45, 2.75) is 25.7 Å². The van der Waals surface area contributed by atoms with Gasteiger partial charge in [-0.05, 0) is 0 Å². The summed E-state index contributed by atoms with van der Waals surface area (Å²) < 4.78 is 0. The summed E-state index contributed by atoms with van der Waals surface area (Å²) in [6, 6.07) is 2.01. The maximum Gasteiger partial charge on any atom is 0.251 e. The minimum absolute atomic E-state index is 0.103. The van der Waals surface area contributed by atoms with Crippen molar-refractivity contribution in [2.24, 2.45) is 10.2 Å². The Bertz CT molecular complexity index is 405. The van der Waals surface area contributed by atoms with Gasteiger partial charge in [-0.25, -0.2) is 0 Å². The van der Waals surface area contributed by atoms with Gasteiger partial charge in [0, 0.05) is 25.7 Å². The molecule has 0 bridgehead atoms. The number of hydrazone groups is 2. The number of hydrogen-bond acceptors (Lipinski definition) is 6. The van der Waals surface area contributed by atoms with Gasteiger partial charge in [-0.2, -0.15) is 10.0 Å². The molecule has 0 spiro atoms. The van der Waals surface area contributed by atoms with Crippen molar-refractivity contribution < 1.29 is 19.2 Å². The van der Waals surface area contributed by atoms with E-state index in [4.69, 9.17) is 0 Å². The van der Waals surface area contributed by atoms with Crippen LogP contribution in [0.4, 0.5) is 0 Å². The molecular weight excluding hydrogens is 228 g/mol. The molecule has 4 amide bonds. The van der Waals surface area contributed by atoms with Crippen LogP contribution in [0.2, 0.25) is 0 Å². The fourth-order valence-corrected chi connectivity index (χ4v) is 1.46. The Balaban J connectivity index is 2.10. The summed E-state index contributed by atoms with van der Waals surface area (Å²) in [6.07, 6.45) is 0.411. The number of hydrogen-bond donors (Lipinski definition) is 0. The van der Waals surface area contributed by atoms with E-state index in [9.17, 15) is 19.2 Å². The smallest absolute Gasteiger partial charge is 0.251 e. The van der Waals surface area contributed by atoms with Gasteiger partial charge in [-0.15, -0.1) is 0 Å². The molecule has 0 saturated carbocycles. The second-order valence-electron chi connectivity index (χ2n) is 3.50. The Morgan fingerprint density at radius 3 is 1.29 bits per heavy atom. The molecular formula is C9H8N4O4. The number of carbonyl (C=O) groups excluding carboxylic acids is 4. The van der Waals surface area contributed by atoms with Crippen LogP contribution >= 0.6 is 0 Å². The number of amides is 4. The zero-order valence-electron chi connectivity index (χ0n) is 8.75. The predicted octanol–water partition coefficient (Wildman–Crippen LogP) is -0.712. The van der Waals surface area contributed by atoms with Crippen LogP contribution in [-0.4, -0.2) is 39.7 Å². The first-order valence-electron chi connectivity index (χ1n) is 4.97. The van der Waals surface area contributed by atoms with Crippen molar-refractivity contribution in [2.75, 3.05) is 0 Å². The van der Waals surface area contributed by atoms with Gasteiger partial charge in [-0.1, -0.05) is 10.2 Å². The van der Waals surface area contributed by atoms with E-state index in [-0.39, 0.29) is 25.7 Å². The molecule has 0 aromatic heterocycles. The first-order valence-corrected chi connectivity index (χ1v) is 4.97. The van der Waals surface area contributed by atoms with Gasteiger partial charge in [0.2, 0.25) is 0 Å². The van der Waals surface area contributed by atoms with E-state index in [0.29, 0.717) is 10.0 Å². The lowest BCUT2D eigenvalue weighted by atomic mass is 10.4. The molecule has 0 unspecified atom stereocenters. The summed E-state index contributed by atoms with van der Waals surface area (Å²) in [4.78, 5) is 44.5. The molecule has 17 heavy (non-hydrogen) atoms. The minimum atomic E-state index is -0.447. The van der Waals surface area contributed by atoms with E-state index in [1.54, 1.807) is 0 Å². The van der Waals surface area contributed by atoms with Crippen molar-refractivity contribution in [1.82, 2.24) is 10.0 Å². The van der Waals surface area contributed by atoms with Gasteiger partial charge < -0.3 is 0 Å². The molecule has 0 N–H and O–H groups in total. The van der Waals surface area contributed by atoms with Crippen LogP contribution in [0.1, 0.15) is 25.7 Å². The molecule has 8 heteroatoms. The number of imide groups is 2. The highest BCUT2D eigenvalue weighted by molar-refractivity contribution is 6.02. The summed E-state index contributed by atoms with van der Waals surface area (Å²) in [5, 5.41) is 8.05. The third-order valence-electron chi connectivity index (χ3n) is 2.34. The normalized spacial score (nSPS) is 20.0. The largest absolute Gasteiger partial charge is 0.272 e. The van der Waals surface area contributed by atoms with Crippen molar-refractivity contribution >= 4 is 29.6 Å². The van der Waals surface area contributed by atoms with Crippen molar-refractivity contribution in [3.05, 3.63) is 0 Å². The zero-order valence-corrected chi connectivity index (χ0v) is 8.75. The lowest BCUT2D eigenvalue weighted by molar-refractivity contribution is -0.139. The SMILES string of the molecule is O=C1CCC(=O)N1N=C=NN1C(=O)CCC1=O. The molecule has 8 nitrogen and oxygen atoms in total. The Labute approximate surface area is 95.5 Å². The maximum absolute atomic E-state index is 11.1. The molecule has 0 atom stereocenters. The van der Waals surface area contributed by atoms with Crippen LogP contribution in [0.25, 0.3) is 0 Å². The quantitative estimate of drug-likeness (QED) is 0.467. The van der Waals surface area contributed by atoms with Gasteiger partial charge in [0.15, 0.2) is 0 Å². The van der Waals surface area contributed by atoms with Crippen molar-refractivity contribution in [1.29, 1.82) is 0 Å². The maximum atomic E-state index is 11.1. The standard InChI is InChI=1S/C9H8N4O4/c14-6-1-2-7(15)12(6)10-5-11-13-8(16)3-4-9(13)17/h1-4H2. The zero-order chi connectivity index (χ0) is 12.4. The van der Waals surface area contributed by atoms with Crippen LogP contribution < -0.4 is 0 Å². The van der Waals surface area contributed by atoms with Gasteiger partial charge in [0.25, 0.3) is 23.6 Å². The van der Waals surface area contributed by atoms with E-state index in [1.807, 2.05) is 6.01 Å². The Hall–Kier alpha value is -2.34. The van der Waals surface area contributed by atoms with Crippen molar-refractivity contribution in [3.63, 3.8) is 0 Å². The molecule has 2 aliphatic rings. The van der Waals surface area contributed by atoms with Crippen molar-refractivity contribution in [3.8, 4) is 0 Å². The summed E-state index contributed by atoms with van der Waals surface area (Å²) in [5.74, 6) is -1.79. The van der Waals surface area contributed by atoms with E-state index in [0.717, 1.165) is 0 Å². The van der Waals surface area contributed by atoms with E-state index in [2.05, 4.69) is 10.2 Å². The predicted molar refractivity (Wildman–Crippen MR) is 52.0 cm³/mol. The molecule has 2 saturated heterocycles. The van der Waals surface area contributed by atoms with Crippen LogP contribution in [0.5, 0.6) is 0 Å². The average Bonchev–Trinajstić information content (AvgIpc) is 2.77. The second-order valence-corrected chi connectivity index (χ2v) is 3.50. The van der Waals surface area contributed by atoms with Gasteiger partial charge >= 0.3 is 0 Å². The van der Waals surface area contributed by atoms with E-state index < -0.39 is 23.6 Å².